The molecule has 2 aromatic carbocycles. The van der Waals surface area contributed by atoms with Crippen LogP contribution < -0.4 is 15.2 Å². The Labute approximate surface area is 160 Å². The number of nitrogens with zero attached hydrogens (tertiary/aromatic N) is 1. The molecule has 2 heterocycles. The summed E-state index contributed by atoms with van der Waals surface area (Å²) in [7, 11) is -1.93. The molecule has 0 saturated carbocycles. The van der Waals surface area contributed by atoms with Gasteiger partial charge in [-0.25, -0.2) is 17.6 Å². The number of ether oxygens (including phenoxy) is 2. The molecular formula is C19H19FN2O5S. The molecule has 3 aromatic rings. The Morgan fingerprint density at radius 1 is 1.18 bits per heavy atom. The molecule has 0 aliphatic carbocycles. The number of rotatable bonds is 5. The molecule has 4 rings (SSSR count). The zero-order valence-electron chi connectivity index (χ0n) is 15.6. The van der Waals surface area contributed by atoms with E-state index in [0.717, 1.165) is 6.26 Å². The minimum Gasteiger partial charge on any atom is -0.493 e. The summed E-state index contributed by atoms with van der Waals surface area (Å²) < 4.78 is 50.9. The highest BCUT2D eigenvalue weighted by molar-refractivity contribution is 7.90. The Hall–Kier alpha value is -2.81. The van der Waals surface area contributed by atoms with Crippen molar-refractivity contribution in [3.05, 3.63) is 46.1 Å². The van der Waals surface area contributed by atoms with Gasteiger partial charge in [-0.3, -0.25) is 4.57 Å². The molecule has 0 spiro atoms. The van der Waals surface area contributed by atoms with Gasteiger partial charge in [0.25, 0.3) is 0 Å². The maximum Gasteiger partial charge on any atom is 0.327 e. The third-order valence-corrected chi connectivity index (χ3v) is 5.75. The number of halogens is 1. The lowest BCUT2D eigenvalue weighted by molar-refractivity contribution is 0.310. The molecular weight excluding hydrogens is 387 g/mol. The van der Waals surface area contributed by atoms with Crippen LogP contribution >= 0.6 is 0 Å². The third kappa shape index (κ3) is 2.86. The lowest BCUT2D eigenvalue weighted by Crippen LogP contribution is -2.30. The van der Waals surface area contributed by atoms with Gasteiger partial charge in [0, 0.05) is 11.8 Å². The molecule has 1 N–H and O–H groups in total. The number of aromatic nitrogens is 2. The van der Waals surface area contributed by atoms with Gasteiger partial charge in [0.2, 0.25) is 0 Å². The summed E-state index contributed by atoms with van der Waals surface area (Å²) in [5.41, 5.74) is 1.97. The fraction of sp³-hybridized carbons (Fsp3) is 0.316. The van der Waals surface area contributed by atoms with Gasteiger partial charge in [0.1, 0.15) is 15.7 Å². The van der Waals surface area contributed by atoms with Gasteiger partial charge in [-0.05, 0) is 42.3 Å². The van der Waals surface area contributed by atoms with Crippen LogP contribution in [0.15, 0.2) is 29.1 Å². The van der Waals surface area contributed by atoms with Crippen molar-refractivity contribution in [1.29, 1.82) is 0 Å². The summed E-state index contributed by atoms with van der Waals surface area (Å²) in [5, 5.41) is 0. The molecule has 1 atom stereocenters. The van der Waals surface area contributed by atoms with E-state index < -0.39 is 27.4 Å². The molecule has 9 heteroatoms. The standard InChI is InChI=1S/C19H19FN2O5S/c1-4-27-17-8-12-11(7-16(17)26-2)13-5-10(20)6-14-18(13)22(19(23)21-14)15(12)9-28(3,24)25/h5-8,15H,4,9H2,1-3H3,(H,21,23)/t15-/m0/s1. The number of H-pyrrole nitrogens is 1. The largest absolute Gasteiger partial charge is 0.493 e. The summed E-state index contributed by atoms with van der Waals surface area (Å²) in [4.78, 5) is 15.3. The van der Waals surface area contributed by atoms with E-state index in [0.29, 0.717) is 45.8 Å². The van der Waals surface area contributed by atoms with Crippen LogP contribution in [-0.4, -0.2) is 43.7 Å². The van der Waals surface area contributed by atoms with Crippen molar-refractivity contribution in [2.75, 3.05) is 25.7 Å². The number of fused-ring (bicyclic) bond motifs is 2. The van der Waals surface area contributed by atoms with E-state index in [4.69, 9.17) is 9.47 Å². The summed E-state index contributed by atoms with van der Waals surface area (Å²) in [6.45, 7) is 2.20. The fourth-order valence-electron chi connectivity index (χ4n) is 3.84. The summed E-state index contributed by atoms with van der Waals surface area (Å²) in [6, 6.07) is 5.17. The van der Waals surface area contributed by atoms with Crippen LogP contribution in [-0.2, 0) is 9.84 Å². The van der Waals surface area contributed by atoms with Gasteiger partial charge in [-0.15, -0.1) is 0 Å². The maximum absolute atomic E-state index is 14.2. The zero-order valence-corrected chi connectivity index (χ0v) is 16.4. The molecule has 0 saturated heterocycles. The highest BCUT2D eigenvalue weighted by Gasteiger charge is 2.33. The van der Waals surface area contributed by atoms with Gasteiger partial charge in [0.15, 0.2) is 11.5 Å². The van der Waals surface area contributed by atoms with E-state index in [1.807, 2.05) is 6.92 Å². The predicted octanol–water partition coefficient (Wildman–Crippen LogP) is 2.49. The van der Waals surface area contributed by atoms with Crippen LogP contribution in [0.5, 0.6) is 11.5 Å². The van der Waals surface area contributed by atoms with Gasteiger partial charge in [-0.1, -0.05) is 0 Å². The van der Waals surface area contributed by atoms with E-state index in [9.17, 15) is 17.6 Å². The van der Waals surface area contributed by atoms with Gasteiger partial charge >= 0.3 is 5.69 Å². The summed E-state index contributed by atoms with van der Waals surface area (Å²) in [5.74, 6) is 0.0994. The minimum absolute atomic E-state index is 0.276. The van der Waals surface area contributed by atoms with E-state index >= 15 is 0 Å². The molecule has 0 unspecified atom stereocenters. The van der Waals surface area contributed by atoms with Crippen LogP contribution in [0.25, 0.3) is 22.2 Å². The number of imidazole rings is 1. The first-order valence-electron chi connectivity index (χ1n) is 8.70. The normalized spacial score (nSPS) is 15.5. The molecule has 7 nitrogen and oxygen atoms in total. The highest BCUT2D eigenvalue weighted by atomic mass is 32.2. The second-order valence-electron chi connectivity index (χ2n) is 6.78. The van der Waals surface area contributed by atoms with Crippen LogP contribution in [0.3, 0.4) is 0 Å². The van der Waals surface area contributed by atoms with Crippen molar-refractivity contribution >= 4 is 20.9 Å². The fourth-order valence-corrected chi connectivity index (χ4v) is 4.74. The van der Waals surface area contributed by atoms with Crippen molar-refractivity contribution in [2.45, 2.75) is 13.0 Å². The lowest BCUT2D eigenvalue weighted by atomic mass is 9.90. The first-order chi connectivity index (χ1) is 13.2. The number of benzene rings is 2. The van der Waals surface area contributed by atoms with E-state index in [1.165, 1.54) is 23.8 Å². The summed E-state index contributed by atoms with van der Waals surface area (Å²) in [6.07, 6.45) is 1.12. The second-order valence-corrected chi connectivity index (χ2v) is 8.97. The highest BCUT2D eigenvalue weighted by Crippen LogP contribution is 2.45. The van der Waals surface area contributed by atoms with Crippen LogP contribution in [0.2, 0.25) is 0 Å². The van der Waals surface area contributed by atoms with Crippen molar-refractivity contribution < 1.29 is 22.3 Å². The van der Waals surface area contributed by atoms with Crippen LogP contribution in [0, 0.1) is 5.82 Å². The average molecular weight is 406 g/mol. The van der Waals surface area contributed by atoms with Crippen LogP contribution in [0.4, 0.5) is 4.39 Å². The Kier molecular flexibility index (Phi) is 4.22. The molecule has 1 aliphatic heterocycles. The number of methoxy groups -OCH3 is 1. The Balaban J connectivity index is 2.12. The van der Waals surface area contributed by atoms with Gasteiger partial charge in [-0.2, -0.15) is 0 Å². The zero-order chi connectivity index (χ0) is 20.2. The molecule has 1 aromatic heterocycles. The van der Waals surface area contributed by atoms with Crippen LogP contribution in [0.1, 0.15) is 18.5 Å². The Bertz CT molecular complexity index is 1260. The van der Waals surface area contributed by atoms with Crippen molar-refractivity contribution in [2.24, 2.45) is 0 Å². The Morgan fingerprint density at radius 2 is 1.93 bits per heavy atom. The van der Waals surface area contributed by atoms with Crippen molar-refractivity contribution in [3.8, 4) is 22.6 Å². The predicted molar refractivity (Wildman–Crippen MR) is 104 cm³/mol. The molecule has 0 radical (unpaired) electrons. The molecule has 0 fully saturated rings. The number of hydrogen-bond donors (Lipinski definition) is 1. The van der Waals surface area contributed by atoms with E-state index in [-0.39, 0.29) is 5.75 Å². The summed E-state index contributed by atoms with van der Waals surface area (Å²) >= 11 is 0. The molecule has 1 aliphatic rings. The van der Waals surface area contributed by atoms with E-state index in [1.54, 1.807) is 12.1 Å². The second kappa shape index (κ2) is 6.37. The monoisotopic (exact) mass is 406 g/mol. The lowest BCUT2D eigenvalue weighted by Gasteiger charge is -2.28. The number of aromatic amines is 1. The van der Waals surface area contributed by atoms with Crippen molar-refractivity contribution in [1.82, 2.24) is 9.55 Å². The number of nitrogens with one attached hydrogen (secondary N) is 1. The first-order valence-corrected chi connectivity index (χ1v) is 10.8. The maximum atomic E-state index is 14.2. The van der Waals surface area contributed by atoms with E-state index in [2.05, 4.69) is 4.98 Å². The van der Waals surface area contributed by atoms with Crippen molar-refractivity contribution in [3.63, 3.8) is 0 Å². The average Bonchev–Trinajstić information content (AvgIpc) is 2.93. The molecule has 148 valence electrons. The van der Waals surface area contributed by atoms with Gasteiger partial charge in [0.05, 0.1) is 36.5 Å². The molecule has 0 bridgehead atoms. The smallest absolute Gasteiger partial charge is 0.327 e. The quantitative estimate of drug-likeness (QED) is 0.703. The first kappa shape index (κ1) is 18.5. The Morgan fingerprint density at radius 3 is 2.57 bits per heavy atom. The number of hydrogen-bond acceptors (Lipinski definition) is 5. The topological polar surface area (TPSA) is 90.4 Å². The molecule has 0 amide bonds. The minimum atomic E-state index is -3.43. The number of sulfone groups is 1. The van der Waals surface area contributed by atoms with Gasteiger partial charge < -0.3 is 14.5 Å². The third-order valence-electron chi connectivity index (χ3n) is 4.83. The SMILES string of the molecule is CCOc1cc2c(cc1OC)-c1cc(F)cc3[nH]c(=O)n(c13)[C@H]2CS(C)(=O)=O. The molecule has 28 heavy (non-hydrogen) atoms.